The lowest BCUT2D eigenvalue weighted by atomic mass is 9.95. The molecule has 0 spiro atoms. The number of benzene rings is 2. The maximum absolute atomic E-state index is 13.0. The molecule has 2 aromatic carbocycles. The summed E-state index contributed by atoms with van der Waals surface area (Å²) in [6, 6.07) is 12.4. The fourth-order valence-electron chi connectivity index (χ4n) is 2.57. The van der Waals surface area contributed by atoms with Crippen LogP contribution in [0.1, 0.15) is 47.1 Å². The van der Waals surface area contributed by atoms with Crippen LogP contribution in [0, 0.1) is 0 Å². The molecule has 1 saturated carbocycles. The van der Waals surface area contributed by atoms with E-state index >= 15 is 0 Å². The molecular weight excluding hydrogens is 277 g/mol. The van der Waals surface area contributed by atoms with E-state index in [-0.39, 0.29) is 5.56 Å². The average molecular weight is 292 g/mol. The quantitative estimate of drug-likeness (QED) is 0.872. The van der Waals surface area contributed by atoms with Crippen molar-refractivity contribution in [1.82, 2.24) is 0 Å². The Kier molecular flexibility index (Phi) is 3.49. The van der Waals surface area contributed by atoms with Crippen molar-refractivity contribution < 1.29 is 18.3 Å². The highest BCUT2D eigenvalue weighted by Crippen LogP contribution is 2.41. The third-order valence-electron chi connectivity index (χ3n) is 3.84. The maximum atomic E-state index is 13.0. The molecule has 1 atom stereocenters. The number of aliphatic hydroxyl groups is 1. The van der Waals surface area contributed by atoms with Gasteiger partial charge in [-0.2, -0.15) is 13.2 Å². The normalized spacial score (nSPS) is 16.8. The van der Waals surface area contributed by atoms with Gasteiger partial charge in [0.1, 0.15) is 6.10 Å². The van der Waals surface area contributed by atoms with Crippen molar-refractivity contribution in [2.45, 2.75) is 31.0 Å². The molecule has 0 saturated heterocycles. The molecule has 110 valence electrons. The predicted molar refractivity (Wildman–Crippen MR) is 73.9 cm³/mol. The molecule has 0 radical (unpaired) electrons. The Hall–Kier alpha value is -1.81. The van der Waals surface area contributed by atoms with Crippen molar-refractivity contribution in [3.05, 3.63) is 70.8 Å². The standard InChI is InChI=1S/C17H15F3O/c18-17(19,20)15-7-2-1-6-14(15)16(21)13-5-3-4-12(10-13)11-8-9-11/h1-7,10-11,16,21H,8-9H2. The molecule has 1 aliphatic rings. The van der Waals surface area contributed by atoms with E-state index in [0.717, 1.165) is 24.5 Å². The number of hydrogen-bond donors (Lipinski definition) is 1. The van der Waals surface area contributed by atoms with Crippen LogP contribution < -0.4 is 0 Å². The van der Waals surface area contributed by atoms with E-state index in [1.54, 1.807) is 12.1 Å². The Bertz CT molecular complexity index is 644. The Morgan fingerprint density at radius 2 is 1.71 bits per heavy atom. The average Bonchev–Trinajstić information content (AvgIpc) is 3.30. The minimum absolute atomic E-state index is 0.0991. The number of aliphatic hydroxyl groups excluding tert-OH is 1. The molecule has 1 fully saturated rings. The molecule has 21 heavy (non-hydrogen) atoms. The molecule has 1 unspecified atom stereocenters. The molecule has 1 N–H and O–H groups in total. The second-order valence-corrected chi connectivity index (χ2v) is 5.43. The van der Waals surface area contributed by atoms with Crippen LogP contribution in [-0.2, 0) is 6.18 Å². The van der Waals surface area contributed by atoms with Crippen LogP contribution in [0.3, 0.4) is 0 Å². The Morgan fingerprint density at radius 1 is 1.00 bits per heavy atom. The topological polar surface area (TPSA) is 20.2 Å². The van der Waals surface area contributed by atoms with E-state index in [4.69, 9.17) is 0 Å². The van der Waals surface area contributed by atoms with E-state index in [0.29, 0.717) is 11.5 Å². The second kappa shape index (κ2) is 5.19. The van der Waals surface area contributed by atoms with Gasteiger partial charge in [-0.15, -0.1) is 0 Å². The van der Waals surface area contributed by atoms with Gasteiger partial charge in [0.15, 0.2) is 0 Å². The predicted octanol–water partition coefficient (Wildman–Crippen LogP) is 4.66. The van der Waals surface area contributed by atoms with Gasteiger partial charge in [0.05, 0.1) is 5.56 Å². The summed E-state index contributed by atoms with van der Waals surface area (Å²) in [5, 5.41) is 10.4. The molecule has 4 heteroatoms. The summed E-state index contributed by atoms with van der Waals surface area (Å²) in [6.07, 6.45) is -3.51. The highest BCUT2D eigenvalue weighted by atomic mass is 19.4. The van der Waals surface area contributed by atoms with Crippen LogP contribution in [0.15, 0.2) is 48.5 Å². The monoisotopic (exact) mass is 292 g/mol. The van der Waals surface area contributed by atoms with E-state index in [1.165, 1.54) is 18.2 Å². The van der Waals surface area contributed by atoms with Crippen molar-refractivity contribution in [2.24, 2.45) is 0 Å². The van der Waals surface area contributed by atoms with Crippen molar-refractivity contribution in [2.75, 3.05) is 0 Å². The fraction of sp³-hybridized carbons (Fsp3) is 0.294. The number of rotatable bonds is 3. The minimum atomic E-state index is -4.47. The minimum Gasteiger partial charge on any atom is -0.384 e. The summed E-state index contributed by atoms with van der Waals surface area (Å²) >= 11 is 0. The van der Waals surface area contributed by atoms with Gasteiger partial charge < -0.3 is 5.11 Å². The zero-order valence-electron chi connectivity index (χ0n) is 11.3. The molecule has 0 aromatic heterocycles. The summed E-state index contributed by atoms with van der Waals surface area (Å²) in [5.74, 6) is 0.495. The van der Waals surface area contributed by atoms with Crippen molar-refractivity contribution >= 4 is 0 Å². The highest BCUT2D eigenvalue weighted by Gasteiger charge is 2.35. The van der Waals surface area contributed by atoms with Crippen LogP contribution in [0.4, 0.5) is 13.2 Å². The molecule has 2 aromatic rings. The fourth-order valence-corrected chi connectivity index (χ4v) is 2.57. The summed E-state index contributed by atoms with van der Waals surface area (Å²) in [4.78, 5) is 0. The third kappa shape index (κ3) is 2.95. The molecule has 0 bridgehead atoms. The summed E-state index contributed by atoms with van der Waals surface area (Å²) in [5.41, 5.74) is 0.722. The van der Waals surface area contributed by atoms with E-state index in [2.05, 4.69) is 0 Å². The first-order valence-corrected chi connectivity index (χ1v) is 6.91. The largest absolute Gasteiger partial charge is 0.416 e. The van der Waals surface area contributed by atoms with Crippen LogP contribution >= 0.6 is 0 Å². The molecule has 3 rings (SSSR count). The molecule has 0 heterocycles. The lowest BCUT2D eigenvalue weighted by Crippen LogP contribution is -2.12. The van der Waals surface area contributed by atoms with Gasteiger partial charge >= 0.3 is 6.18 Å². The van der Waals surface area contributed by atoms with Crippen LogP contribution in [0.2, 0.25) is 0 Å². The van der Waals surface area contributed by atoms with Gasteiger partial charge in [0.2, 0.25) is 0 Å². The van der Waals surface area contributed by atoms with Crippen molar-refractivity contribution in [1.29, 1.82) is 0 Å². The Balaban J connectivity index is 1.98. The maximum Gasteiger partial charge on any atom is 0.416 e. The first-order chi connectivity index (χ1) is 9.97. The SMILES string of the molecule is OC(c1cccc(C2CC2)c1)c1ccccc1C(F)(F)F. The van der Waals surface area contributed by atoms with Gasteiger partial charge in [0.25, 0.3) is 0 Å². The van der Waals surface area contributed by atoms with Gasteiger partial charge in [-0.25, -0.2) is 0 Å². The zero-order chi connectivity index (χ0) is 15.0. The highest BCUT2D eigenvalue weighted by molar-refractivity contribution is 5.39. The van der Waals surface area contributed by atoms with Crippen LogP contribution in [-0.4, -0.2) is 5.11 Å². The molecular formula is C17H15F3O. The number of hydrogen-bond acceptors (Lipinski definition) is 1. The lowest BCUT2D eigenvalue weighted by molar-refractivity contribution is -0.139. The summed E-state index contributed by atoms with van der Waals surface area (Å²) in [6.45, 7) is 0. The number of alkyl halides is 3. The Labute approximate surface area is 121 Å². The van der Waals surface area contributed by atoms with E-state index in [1.807, 2.05) is 12.1 Å². The molecule has 0 amide bonds. The lowest BCUT2D eigenvalue weighted by Gasteiger charge is -2.18. The first-order valence-electron chi connectivity index (χ1n) is 6.91. The van der Waals surface area contributed by atoms with Gasteiger partial charge in [-0.3, -0.25) is 0 Å². The molecule has 1 aliphatic carbocycles. The van der Waals surface area contributed by atoms with Crippen LogP contribution in [0.5, 0.6) is 0 Å². The molecule has 1 nitrogen and oxygen atoms in total. The van der Waals surface area contributed by atoms with Gasteiger partial charge in [-0.05, 0) is 41.5 Å². The second-order valence-electron chi connectivity index (χ2n) is 5.43. The van der Waals surface area contributed by atoms with Gasteiger partial charge in [0, 0.05) is 0 Å². The van der Waals surface area contributed by atoms with Crippen molar-refractivity contribution in [3.63, 3.8) is 0 Å². The first kappa shape index (κ1) is 14.1. The van der Waals surface area contributed by atoms with E-state index in [9.17, 15) is 18.3 Å². The Morgan fingerprint density at radius 3 is 2.38 bits per heavy atom. The number of halogens is 3. The summed E-state index contributed by atoms with van der Waals surface area (Å²) in [7, 11) is 0. The third-order valence-corrected chi connectivity index (χ3v) is 3.84. The van der Waals surface area contributed by atoms with Gasteiger partial charge in [-0.1, -0.05) is 42.5 Å². The van der Waals surface area contributed by atoms with Crippen molar-refractivity contribution in [3.8, 4) is 0 Å². The van der Waals surface area contributed by atoms with E-state index < -0.39 is 17.8 Å². The zero-order valence-corrected chi connectivity index (χ0v) is 11.3. The molecule has 0 aliphatic heterocycles. The summed E-state index contributed by atoms with van der Waals surface area (Å²) < 4.78 is 39.1. The van der Waals surface area contributed by atoms with Crippen LogP contribution in [0.25, 0.3) is 0 Å². The smallest absolute Gasteiger partial charge is 0.384 e.